The van der Waals surface area contributed by atoms with Crippen LogP contribution in [0.2, 0.25) is 0 Å². The second kappa shape index (κ2) is 13.1. The van der Waals surface area contributed by atoms with Crippen molar-refractivity contribution in [2.45, 2.75) is 37.9 Å². The maximum absolute atomic E-state index is 11.5. The number of hydrogen-bond acceptors (Lipinski definition) is 8. The van der Waals surface area contributed by atoms with Crippen molar-refractivity contribution in [3.8, 4) is 45.4 Å². The van der Waals surface area contributed by atoms with Crippen LogP contribution in [0.1, 0.15) is 25.0 Å². The van der Waals surface area contributed by atoms with Gasteiger partial charge in [0.15, 0.2) is 0 Å². The number of phenols is 2. The van der Waals surface area contributed by atoms with E-state index in [0.717, 1.165) is 32.7 Å². The van der Waals surface area contributed by atoms with E-state index in [9.17, 15) is 10.2 Å². The molecule has 2 saturated heterocycles. The fraction of sp³-hybridized carbons (Fsp3) is 0.286. The van der Waals surface area contributed by atoms with Crippen LogP contribution in [0.15, 0.2) is 97.1 Å². The molecule has 2 fully saturated rings. The van der Waals surface area contributed by atoms with Gasteiger partial charge in [-0.25, -0.2) is 9.97 Å². The van der Waals surface area contributed by atoms with E-state index in [1.54, 1.807) is 0 Å². The Kier molecular flexibility index (Phi) is 8.49. The molecule has 2 aromatic heterocycles. The quantitative estimate of drug-likeness (QED) is 0.177. The van der Waals surface area contributed by atoms with Crippen molar-refractivity contribution in [1.29, 1.82) is 0 Å². The van der Waals surface area contributed by atoms with Crippen molar-refractivity contribution in [2.24, 2.45) is 0 Å². The van der Waals surface area contributed by atoms with Crippen LogP contribution in [0.4, 0.5) is 0 Å². The Hall–Kier alpha value is -4.86. The molecule has 4 aromatic carbocycles. The van der Waals surface area contributed by atoms with E-state index in [-0.39, 0.29) is 11.5 Å². The predicted octanol–water partition coefficient (Wildman–Crippen LogP) is 7.89. The number of nitrogens with zero attached hydrogens (tertiary/aromatic N) is 2. The molecule has 0 spiro atoms. The normalized spacial score (nSPS) is 21.1. The van der Waals surface area contributed by atoms with Crippen LogP contribution in [0.5, 0.6) is 11.5 Å². The number of ether oxygens (including phenoxy) is 4. The highest BCUT2D eigenvalue weighted by molar-refractivity contribution is 5.95. The largest absolute Gasteiger partial charge is 0.507 e. The second-order valence-electron chi connectivity index (χ2n) is 13.9. The Morgan fingerprint density at radius 3 is 1.38 bits per heavy atom. The molecule has 8 heteroatoms. The van der Waals surface area contributed by atoms with E-state index >= 15 is 0 Å². The highest BCUT2D eigenvalue weighted by Gasteiger charge is 2.31. The molecule has 6 aromatic rings. The Bertz CT molecular complexity index is 2050. The molecule has 0 amide bonds. The Morgan fingerprint density at radius 2 is 0.960 bits per heavy atom. The molecule has 0 bridgehead atoms. The second-order valence-corrected chi connectivity index (χ2v) is 13.9. The van der Waals surface area contributed by atoms with Gasteiger partial charge in [0.05, 0.1) is 73.6 Å². The van der Waals surface area contributed by atoms with Crippen molar-refractivity contribution >= 4 is 21.5 Å². The van der Waals surface area contributed by atoms with Crippen LogP contribution in [0.3, 0.4) is 0 Å². The first-order valence-corrected chi connectivity index (χ1v) is 17.1. The topological polar surface area (TPSA) is 103 Å². The zero-order valence-electron chi connectivity index (χ0n) is 28.3. The molecular formula is C42H40N2O6. The lowest BCUT2D eigenvalue weighted by Crippen LogP contribution is -2.42. The van der Waals surface area contributed by atoms with Gasteiger partial charge in [0.25, 0.3) is 0 Å². The lowest BCUT2D eigenvalue weighted by atomic mass is 9.92. The molecule has 50 heavy (non-hydrogen) atoms. The number of rotatable bonds is 7. The third kappa shape index (κ3) is 6.43. The zero-order chi connectivity index (χ0) is 34.3. The summed E-state index contributed by atoms with van der Waals surface area (Å²) < 4.78 is 24.1. The molecule has 8 nitrogen and oxygen atoms in total. The molecule has 2 N–H and O–H groups in total. The van der Waals surface area contributed by atoms with Crippen LogP contribution in [0.25, 0.3) is 55.4 Å². The van der Waals surface area contributed by atoms with Crippen LogP contribution in [0, 0.1) is 0 Å². The Labute approximate surface area is 291 Å². The summed E-state index contributed by atoms with van der Waals surface area (Å²) in [6.07, 6.45) is 1.15. The van der Waals surface area contributed by atoms with Crippen LogP contribution >= 0.6 is 0 Å². The summed E-state index contributed by atoms with van der Waals surface area (Å²) in [6.45, 7) is 7.27. The fourth-order valence-corrected chi connectivity index (χ4v) is 7.26. The van der Waals surface area contributed by atoms with E-state index in [1.807, 2.05) is 97.1 Å². The monoisotopic (exact) mass is 668 g/mol. The molecule has 254 valence electrons. The number of fused-ring (bicyclic) bond motifs is 2. The average Bonchev–Trinajstić information content (AvgIpc) is 3.12. The molecule has 2 aliphatic rings. The fourth-order valence-electron chi connectivity index (χ4n) is 7.26. The Balaban J connectivity index is 1.31. The van der Waals surface area contributed by atoms with Gasteiger partial charge < -0.3 is 29.2 Å². The van der Waals surface area contributed by atoms with Gasteiger partial charge in [-0.1, -0.05) is 60.7 Å². The maximum atomic E-state index is 11.5. The number of phenolic OH excluding ortho intramolecular Hbond substituents is 2. The van der Waals surface area contributed by atoms with Crippen LogP contribution in [-0.2, 0) is 31.8 Å². The SMILES string of the molecule is CC1(Cc2cc(-c3cc(CC4(C)COCCO4)cc(-c4ccc5ccccc5c4O)n3)nc(-c3ccc4ccccc4c3O)c2)COCCO1. The van der Waals surface area contributed by atoms with Crippen LogP contribution < -0.4 is 0 Å². The van der Waals surface area contributed by atoms with Gasteiger partial charge in [0, 0.05) is 34.7 Å². The van der Waals surface area contributed by atoms with Gasteiger partial charge in [0.1, 0.15) is 11.5 Å². The number of aromatic hydroxyl groups is 2. The molecule has 0 radical (unpaired) electrons. The maximum Gasteiger partial charge on any atom is 0.132 e. The molecule has 0 aliphatic carbocycles. The standard InChI is InChI=1S/C42H40N2O6/c1-41(25-47-15-17-49-41)23-27-19-35(33-13-11-29-7-3-5-9-31(29)39(33)45)43-37(21-27)38-22-28(24-42(2)26-48-16-18-50-42)20-36(44-38)34-14-12-30-8-4-6-10-32(30)40(34)46/h3-14,19-22,45-46H,15-18,23-26H2,1-2H3. The number of pyridine rings is 2. The van der Waals surface area contributed by atoms with Gasteiger partial charge >= 0.3 is 0 Å². The van der Waals surface area contributed by atoms with E-state index in [4.69, 9.17) is 28.9 Å². The molecular weight excluding hydrogens is 628 g/mol. The Morgan fingerprint density at radius 1 is 0.540 bits per heavy atom. The first-order valence-electron chi connectivity index (χ1n) is 17.1. The summed E-state index contributed by atoms with van der Waals surface area (Å²) in [5, 5.41) is 26.5. The van der Waals surface area contributed by atoms with E-state index in [1.165, 1.54) is 0 Å². The highest BCUT2D eigenvalue weighted by atomic mass is 16.6. The smallest absolute Gasteiger partial charge is 0.132 e. The number of benzene rings is 4. The molecule has 4 heterocycles. The first kappa shape index (κ1) is 32.4. The van der Waals surface area contributed by atoms with Crippen molar-refractivity contribution < 1.29 is 29.2 Å². The summed E-state index contributed by atoms with van der Waals surface area (Å²) in [5.74, 6) is 0.348. The highest BCUT2D eigenvalue weighted by Crippen LogP contribution is 2.39. The van der Waals surface area contributed by atoms with E-state index < -0.39 is 11.2 Å². The third-order valence-electron chi connectivity index (χ3n) is 9.71. The van der Waals surface area contributed by atoms with Crippen molar-refractivity contribution in [3.63, 3.8) is 0 Å². The molecule has 0 saturated carbocycles. The molecule has 2 atom stereocenters. The summed E-state index contributed by atoms with van der Waals surface area (Å²) in [5.41, 5.74) is 4.68. The average molecular weight is 669 g/mol. The van der Waals surface area contributed by atoms with Gasteiger partial charge in [0.2, 0.25) is 0 Å². The minimum absolute atomic E-state index is 0.174. The van der Waals surface area contributed by atoms with Gasteiger partial charge in [-0.3, -0.25) is 0 Å². The first-order chi connectivity index (χ1) is 24.3. The lowest BCUT2D eigenvalue weighted by molar-refractivity contribution is -0.146. The van der Waals surface area contributed by atoms with Gasteiger partial charge in [-0.2, -0.15) is 0 Å². The van der Waals surface area contributed by atoms with Crippen LogP contribution in [-0.4, -0.2) is 71.0 Å². The minimum atomic E-state index is -0.524. The summed E-state index contributed by atoms with van der Waals surface area (Å²) in [7, 11) is 0. The molecule has 2 unspecified atom stereocenters. The summed E-state index contributed by atoms with van der Waals surface area (Å²) in [6, 6.07) is 31.5. The predicted molar refractivity (Wildman–Crippen MR) is 194 cm³/mol. The number of hydrogen-bond donors (Lipinski definition) is 2. The van der Waals surface area contributed by atoms with Gasteiger partial charge in [-0.15, -0.1) is 0 Å². The van der Waals surface area contributed by atoms with Crippen molar-refractivity contribution in [3.05, 3.63) is 108 Å². The molecule has 8 rings (SSSR count). The van der Waals surface area contributed by atoms with Gasteiger partial charge in [-0.05, 0) is 72.1 Å². The van der Waals surface area contributed by atoms with Crippen molar-refractivity contribution in [1.82, 2.24) is 9.97 Å². The number of aromatic nitrogens is 2. The van der Waals surface area contributed by atoms with E-state index in [0.29, 0.717) is 86.4 Å². The lowest BCUT2D eigenvalue weighted by Gasteiger charge is -2.34. The minimum Gasteiger partial charge on any atom is -0.507 e. The summed E-state index contributed by atoms with van der Waals surface area (Å²) in [4.78, 5) is 10.3. The molecule has 2 aliphatic heterocycles. The van der Waals surface area contributed by atoms with E-state index in [2.05, 4.69) is 13.8 Å². The zero-order valence-corrected chi connectivity index (χ0v) is 28.3. The summed E-state index contributed by atoms with van der Waals surface area (Å²) >= 11 is 0. The third-order valence-corrected chi connectivity index (χ3v) is 9.71. The van der Waals surface area contributed by atoms with Crippen molar-refractivity contribution in [2.75, 3.05) is 39.6 Å².